The van der Waals surface area contributed by atoms with Crippen molar-refractivity contribution in [3.05, 3.63) is 29.3 Å². The van der Waals surface area contributed by atoms with Crippen LogP contribution in [0.2, 0.25) is 0 Å². The summed E-state index contributed by atoms with van der Waals surface area (Å²) in [4.78, 5) is 14.0. The smallest absolute Gasteiger partial charge is 0.253 e. The first-order chi connectivity index (χ1) is 6.59. The number of aryl methyl sites for hydroxylation is 1. The van der Waals surface area contributed by atoms with Gasteiger partial charge in [0, 0.05) is 10.9 Å². The van der Waals surface area contributed by atoms with Crippen molar-refractivity contribution in [3.63, 3.8) is 0 Å². The summed E-state index contributed by atoms with van der Waals surface area (Å²) < 4.78 is 0. The number of hydrogen-bond donors (Lipinski definition) is 3. The maximum Gasteiger partial charge on any atom is 0.253 e. The molecule has 14 heavy (non-hydrogen) atoms. The zero-order valence-corrected chi connectivity index (χ0v) is 7.79. The number of anilines is 1. The van der Waals surface area contributed by atoms with Crippen molar-refractivity contribution in [2.75, 3.05) is 5.73 Å². The number of primary amides is 1. The third-order valence-corrected chi connectivity index (χ3v) is 2.23. The standard InChI is InChI=1S/C10H11N3O/c1-5-2-3-7-6(4-5)8(10(12)14)9(11)13-7/h2-4,13H,11H2,1H3,(H2,12,14). The Morgan fingerprint density at radius 2 is 2.14 bits per heavy atom. The Bertz CT molecular complexity index is 513. The quantitative estimate of drug-likeness (QED) is 0.628. The van der Waals surface area contributed by atoms with E-state index in [0.29, 0.717) is 11.4 Å². The molecular weight excluding hydrogens is 178 g/mol. The zero-order valence-electron chi connectivity index (χ0n) is 7.79. The lowest BCUT2D eigenvalue weighted by Crippen LogP contribution is -2.12. The van der Waals surface area contributed by atoms with Gasteiger partial charge in [-0.05, 0) is 19.1 Å². The highest BCUT2D eigenvalue weighted by Gasteiger charge is 2.13. The molecule has 72 valence electrons. The first-order valence-corrected chi connectivity index (χ1v) is 4.27. The topological polar surface area (TPSA) is 84.9 Å². The molecule has 0 aliphatic heterocycles. The highest BCUT2D eigenvalue weighted by atomic mass is 16.1. The number of nitrogens with two attached hydrogens (primary N) is 2. The van der Waals surface area contributed by atoms with E-state index in [9.17, 15) is 4.79 Å². The van der Waals surface area contributed by atoms with Gasteiger partial charge in [-0.3, -0.25) is 4.79 Å². The van der Waals surface area contributed by atoms with Crippen molar-refractivity contribution in [3.8, 4) is 0 Å². The fourth-order valence-corrected chi connectivity index (χ4v) is 1.59. The largest absolute Gasteiger partial charge is 0.385 e. The summed E-state index contributed by atoms with van der Waals surface area (Å²) in [7, 11) is 0. The molecule has 2 rings (SSSR count). The molecule has 0 aliphatic rings. The third-order valence-electron chi connectivity index (χ3n) is 2.23. The van der Waals surface area contributed by atoms with Crippen LogP contribution in [0, 0.1) is 6.92 Å². The summed E-state index contributed by atoms with van der Waals surface area (Å²) in [6.07, 6.45) is 0. The zero-order chi connectivity index (χ0) is 10.3. The van der Waals surface area contributed by atoms with Gasteiger partial charge in [-0.25, -0.2) is 0 Å². The molecule has 0 radical (unpaired) electrons. The van der Waals surface area contributed by atoms with Crippen LogP contribution in [0.1, 0.15) is 15.9 Å². The van der Waals surface area contributed by atoms with Crippen LogP contribution < -0.4 is 11.5 Å². The predicted octanol–water partition coefficient (Wildman–Crippen LogP) is 1.16. The van der Waals surface area contributed by atoms with E-state index >= 15 is 0 Å². The van der Waals surface area contributed by atoms with E-state index in [1.807, 2.05) is 25.1 Å². The van der Waals surface area contributed by atoms with Gasteiger partial charge in [0.05, 0.1) is 5.56 Å². The van der Waals surface area contributed by atoms with Crippen molar-refractivity contribution in [2.24, 2.45) is 5.73 Å². The van der Waals surface area contributed by atoms with Crippen LogP contribution >= 0.6 is 0 Å². The van der Waals surface area contributed by atoms with Gasteiger partial charge >= 0.3 is 0 Å². The van der Waals surface area contributed by atoms with Crippen molar-refractivity contribution in [2.45, 2.75) is 6.92 Å². The number of carbonyl (C=O) groups is 1. The molecule has 4 heteroatoms. The summed E-state index contributed by atoms with van der Waals surface area (Å²) >= 11 is 0. The second-order valence-corrected chi connectivity index (χ2v) is 3.33. The Morgan fingerprint density at radius 3 is 2.79 bits per heavy atom. The minimum atomic E-state index is -0.501. The van der Waals surface area contributed by atoms with Gasteiger partial charge in [0.1, 0.15) is 5.82 Å². The minimum Gasteiger partial charge on any atom is -0.385 e. The molecule has 1 aromatic heterocycles. The summed E-state index contributed by atoms with van der Waals surface area (Å²) in [5.74, 6) is -0.169. The van der Waals surface area contributed by atoms with Crippen LogP contribution in [-0.2, 0) is 0 Å². The number of aromatic amines is 1. The molecule has 1 amide bonds. The lowest BCUT2D eigenvalue weighted by Gasteiger charge is -1.95. The number of aromatic nitrogens is 1. The molecule has 0 saturated heterocycles. The predicted molar refractivity (Wildman–Crippen MR) is 56.0 cm³/mol. The van der Waals surface area contributed by atoms with E-state index in [1.54, 1.807) is 0 Å². The summed E-state index contributed by atoms with van der Waals surface area (Å²) in [6, 6.07) is 5.72. The van der Waals surface area contributed by atoms with Crippen LogP contribution in [0.25, 0.3) is 10.9 Å². The highest BCUT2D eigenvalue weighted by molar-refractivity contribution is 6.10. The minimum absolute atomic E-state index is 0.332. The second-order valence-electron chi connectivity index (χ2n) is 3.33. The third kappa shape index (κ3) is 1.12. The maximum atomic E-state index is 11.1. The Labute approximate surface area is 80.9 Å². The second kappa shape index (κ2) is 2.77. The molecule has 1 heterocycles. The van der Waals surface area contributed by atoms with E-state index in [2.05, 4.69) is 4.98 Å². The van der Waals surface area contributed by atoms with Gasteiger partial charge in [0.2, 0.25) is 0 Å². The first-order valence-electron chi connectivity index (χ1n) is 4.27. The van der Waals surface area contributed by atoms with Gasteiger partial charge in [0.25, 0.3) is 5.91 Å². The number of H-pyrrole nitrogens is 1. The number of hydrogen-bond acceptors (Lipinski definition) is 2. The summed E-state index contributed by atoms with van der Waals surface area (Å²) in [5, 5.41) is 0.787. The first kappa shape index (κ1) is 8.62. The molecule has 1 aromatic carbocycles. The van der Waals surface area contributed by atoms with E-state index in [4.69, 9.17) is 11.5 Å². The van der Waals surface area contributed by atoms with Gasteiger partial charge in [0.15, 0.2) is 0 Å². The summed E-state index contributed by atoms with van der Waals surface area (Å²) in [5.41, 5.74) is 13.2. The van der Waals surface area contributed by atoms with Crippen molar-refractivity contribution in [1.29, 1.82) is 0 Å². The molecule has 0 aliphatic carbocycles. The molecule has 0 saturated carbocycles. The van der Waals surface area contributed by atoms with Crippen molar-refractivity contribution in [1.82, 2.24) is 4.98 Å². The number of amides is 1. The average molecular weight is 189 g/mol. The number of nitrogens with one attached hydrogen (secondary N) is 1. The number of nitrogen functional groups attached to an aromatic ring is 1. The van der Waals surface area contributed by atoms with Crippen molar-refractivity contribution >= 4 is 22.6 Å². The van der Waals surface area contributed by atoms with Crippen LogP contribution in [-0.4, -0.2) is 10.9 Å². The molecule has 0 unspecified atom stereocenters. The molecule has 0 fully saturated rings. The highest BCUT2D eigenvalue weighted by Crippen LogP contribution is 2.24. The Hall–Kier alpha value is -1.97. The van der Waals surface area contributed by atoms with E-state index < -0.39 is 5.91 Å². The molecular formula is C10H11N3O. The Balaban J connectivity index is 2.86. The van der Waals surface area contributed by atoms with Crippen molar-refractivity contribution < 1.29 is 4.79 Å². The maximum absolute atomic E-state index is 11.1. The number of rotatable bonds is 1. The Morgan fingerprint density at radius 1 is 1.43 bits per heavy atom. The molecule has 5 N–H and O–H groups in total. The molecule has 0 bridgehead atoms. The number of fused-ring (bicyclic) bond motifs is 1. The van der Waals surface area contributed by atoms with Gasteiger partial charge < -0.3 is 16.5 Å². The van der Waals surface area contributed by atoms with E-state index in [1.165, 1.54) is 0 Å². The fourth-order valence-electron chi connectivity index (χ4n) is 1.59. The number of carbonyl (C=O) groups excluding carboxylic acids is 1. The molecule has 2 aromatic rings. The van der Waals surface area contributed by atoms with Gasteiger partial charge in [-0.15, -0.1) is 0 Å². The molecule has 0 spiro atoms. The van der Waals surface area contributed by atoms with Crippen LogP contribution in [0.15, 0.2) is 18.2 Å². The van der Waals surface area contributed by atoms with Gasteiger partial charge in [-0.1, -0.05) is 11.6 Å². The van der Waals surface area contributed by atoms with Crippen LogP contribution in [0.3, 0.4) is 0 Å². The monoisotopic (exact) mass is 189 g/mol. The lowest BCUT2D eigenvalue weighted by molar-refractivity contribution is 0.100. The molecule has 4 nitrogen and oxygen atoms in total. The van der Waals surface area contributed by atoms with Crippen LogP contribution in [0.5, 0.6) is 0 Å². The lowest BCUT2D eigenvalue weighted by atomic mass is 10.1. The average Bonchev–Trinajstić information content (AvgIpc) is 2.40. The SMILES string of the molecule is Cc1ccc2[nH]c(N)c(C(N)=O)c2c1. The normalized spacial score (nSPS) is 10.6. The van der Waals surface area contributed by atoms with E-state index in [-0.39, 0.29) is 0 Å². The Kier molecular flexibility index (Phi) is 1.70. The number of benzene rings is 1. The van der Waals surface area contributed by atoms with Gasteiger partial charge in [-0.2, -0.15) is 0 Å². The van der Waals surface area contributed by atoms with Crippen LogP contribution in [0.4, 0.5) is 5.82 Å². The fraction of sp³-hybridized carbons (Fsp3) is 0.100. The molecule has 0 atom stereocenters. The van der Waals surface area contributed by atoms with E-state index in [0.717, 1.165) is 16.5 Å². The summed E-state index contributed by atoms with van der Waals surface area (Å²) in [6.45, 7) is 1.95.